The van der Waals surface area contributed by atoms with Gasteiger partial charge >= 0.3 is 0 Å². The number of carbonyl (C=O) groups excluding carboxylic acids is 2. The minimum Gasteiger partial charge on any atom is -0.332 e. The fourth-order valence-corrected chi connectivity index (χ4v) is 4.56. The molecule has 0 spiro atoms. The topological polar surface area (TPSA) is 40.6 Å². The van der Waals surface area contributed by atoms with E-state index in [1.807, 2.05) is 65.6 Å². The molecule has 30 heavy (non-hydrogen) atoms. The fraction of sp³-hybridized carbons (Fsp3) is 0.200. The zero-order chi connectivity index (χ0) is 20.7. The van der Waals surface area contributed by atoms with Gasteiger partial charge in [0.05, 0.1) is 0 Å². The van der Waals surface area contributed by atoms with Crippen molar-refractivity contribution in [3.63, 3.8) is 0 Å². The number of nitrogens with zero attached hydrogens (tertiary/aromatic N) is 2. The van der Waals surface area contributed by atoms with Gasteiger partial charge in [-0.1, -0.05) is 66.2 Å². The molecule has 0 saturated carbocycles. The van der Waals surface area contributed by atoms with Crippen LogP contribution < -0.4 is 0 Å². The predicted molar refractivity (Wildman–Crippen MR) is 116 cm³/mol. The Morgan fingerprint density at radius 3 is 2.23 bits per heavy atom. The van der Waals surface area contributed by atoms with Crippen molar-refractivity contribution in [2.75, 3.05) is 6.54 Å². The summed E-state index contributed by atoms with van der Waals surface area (Å²) < 4.78 is 0. The molecule has 0 fully saturated rings. The maximum absolute atomic E-state index is 13.6. The zero-order valence-corrected chi connectivity index (χ0v) is 17.2. The van der Waals surface area contributed by atoms with Gasteiger partial charge in [0.1, 0.15) is 6.04 Å². The predicted octanol–water partition coefficient (Wildman–Crippen LogP) is 4.62. The van der Waals surface area contributed by atoms with Gasteiger partial charge in [0, 0.05) is 30.2 Å². The highest BCUT2D eigenvalue weighted by Crippen LogP contribution is 2.37. The minimum atomic E-state index is -0.574. The van der Waals surface area contributed by atoms with Gasteiger partial charge in [0.2, 0.25) is 0 Å². The first-order valence-electron chi connectivity index (χ1n) is 10.1. The molecule has 0 saturated heterocycles. The average Bonchev–Trinajstić information content (AvgIpc) is 3.32. The van der Waals surface area contributed by atoms with Crippen LogP contribution in [0.15, 0.2) is 72.8 Å². The van der Waals surface area contributed by atoms with Crippen LogP contribution in [-0.4, -0.2) is 28.2 Å². The van der Waals surface area contributed by atoms with Crippen molar-refractivity contribution in [3.05, 3.63) is 106 Å². The lowest BCUT2D eigenvalue weighted by molar-refractivity contribution is -0.136. The second-order valence-corrected chi connectivity index (χ2v) is 8.26. The number of halogens is 1. The summed E-state index contributed by atoms with van der Waals surface area (Å²) in [6.07, 6.45) is 0.668. The van der Waals surface area contributed by atoms with E-state index in [9.17, 15) is 9.59 Å². The molecule has 1 unspecified atom stereocenters. The van der Waals surface area contributed by atoms with E-state index in [1.165, 1.54) is 11.1 Å². The summed E-state index contributed by atoms with van der Waals surface area (Å²) in [5, 5.41) is 0.685. The molecule has 5 heteroatoms. The largest absolute Gasteiger partial charge is 0.332 e. The number of rotatable bonds is 4. The van der Waals surface area contributed by atoms with Gasteiger partial charge in [-0.2, -0.15) is 0 Å². The van der Waals surface area contributed by atoms with Crippen molar-refractivity contribution < 1.29 is 9.59 Å². The van der Waals surface area contributed by atoms with Crippen LogP contribution >= 0.6 is 11.6 Å². The Kier molecular flexibility index (Phi) is 4.80. The Hall–Kier alpha value is -3.11. The fourth-order valence-electron chi connectivity index (χ4n) is 4.43. The Bertz CT molecular complexity index is 1100. The van der Waals surface area contributed by atoms with Crippen LogP contribution in [-0.2, 0) is 24.3 Å². The smallest absolute Gasteiger partial charge is 0.255 e. The quantitative estimate of drug-likeness (QED) is 0.622. The van der Waals surface area contributed by atoms with Gasteiger partial charge in [-0.3, -0.25) is 9.59 Å². The highest BCUT2D eigenvalue weighted by atomic mass is 35.5. The third-order valence-electron chi connectivity index (χ3n) is 6.00. The molecule has 150 valence electrons. The Morgan fingerprint density at radius 1 is 0.900 bits per heavy atom. The number of fused-ring (bicyclic) bond motifs is 2. The summed E-state index contributed by atoms with van der Waals surface area (Å²) in [6.45, 7) is 1.66. The number of amides is 2. The van der Waals surface area contributed by atoms with Crippen molar-refractivity contribution in [1.29, 1.82) is 0 Å². The van der Waals surface area contributed by atoms with Crippen LogP contribution in [0.2, 0.25) is 5.02 Å². The van der Waals surface area contributed by atoms with E-state index in [1.54, 1.807) is 4.90 Å². The summed E-state index contributed by atoms with van der Waals surface area (Å²) in [7, 11) is 0. The minimum absolute atomic E-state index is 0.0133. The summed E-state index contributed by atoms with van der Waals surface area (Å²) >= 11 is 5.98. The van der Waals surface area contributed by atoms with Crippen molar-refractivity contribution >= 4 is 23.4 Å². The number of hydrogen-bond acceptors (Lipinski definition) is 2. The van der Waals surface area contributed by atoms with E-state index >= 15 is 0 Å². The molecule has 2 aliphatic rings. The molecule has 0 bridgehead atoms. The third-order valence-corrected chi connectivity index (χ3v) is 6.25. The van der Waals surface area contributed by atoms with Gasteiger partial charge in [0.25, 0.3) is 11.8 Å². The molecule has 2 amide bonds. The van der Waals surface area contributed by atoms with Gasteiger partial charge in [-0.25, -0.2) is 0 Å². The van der Waals surface area contributed by atoms with E-state index in [0.29, 0.717) is 36.6 Å². The van der Waals surface area contributed by atoms with Crippen LogP contribution in [0.25, 0.3) is 0 Å². The summed E-state index contributed by atoms with van der Waals surface area (Å²) in [5.74, 6) is -0.0877. The highest BCUT2D eigenvalue weighted by Gasteiger charge is 2.43. The molecule has 3 aromatic rings. The first kappa shape index (κ1) is 18.9. The number of benzene rings is 3. The van der Waals surface area contributed by atoms with Crippen LogP contribution in [0.1, 0.15) is 38.7 Å². The zero-order valence-electron chi connectivity index (χ0n) is 16.4. The molecule has 1 atom stereocenters. The lowest BCUT2D eigenvalue weighted by Crippen LogP contribution is -2.40. The molecule has 2 aliphatic heterocycles. The van der Waals surface area contributed by atoms with Crippen LogP contribution in [0.4, 0.5) is 0 Å². The summed E-state index contributed by atoms with van der Waals surface area (Å²) in [6, 6.07) is 22.6. The van der Waals surface area contributed by atoms with Crippen molar-refractivity contribution in [1.82, 2.24) is 9.80 Å². The van der Waals surface area contributed by atoms with Crippen molar-refractivity contribution in [2.24, 2.45) is 0 Å². The van der Waals surface area contributed by atoms with E-state index in [-0.39, 0.29) is 11.8 Å². The lowest BCUT2D eigenvalue weighted by atomic mass is 10.0. The number of hydrogen-bond donors (Lipinski definition) is 0. The van der Waals surface area contributed by atoms with Crippen molar-refractivity contribution in [2.45, 2.75) is 25.6 Å². The van der Waals surface area contributed by atoms with Gasteiger partial charge in [-0.05, 0) is 46.9 Å². The molecule has 4 nitrogen and oxygen atoms in total. The number of carbonyl (C=O) groups is 2. The molecule has 3 aromatic carbocycles. The molecule has 0 aromatic heterocycles. The van der Waals surface area contributed by atoms with E-state index < -0.39 is 6.04 Å². The second kappa shape index (κ2) is 7.62. The van der Waals surface area contributed by atoms with Gasteiger partial charge in [-0.15, -0.1) is 0 Å². The standard InChI is InChI=1S/C25H21ClN2O2/c26-20-11-9-17(10-12-20)13-14-28-23(21-7-3-4-8-22(21)24(28)29)25(30)27-15-18-5-1-2-6-19(18)16-27/h1-12,23H,13-16H2. The van der Waals surface area contributed by atoms with E-state index in [4.69, 9.17) is 11.6 Å². The molecule has 0 radical (unpaired) electrons. The Balaban J connectivity index is 1.42. The first-order chi connectivity index (χ1) is 14.6. The Labute approximate surface area is 180 Å². The van der Waals surface area contributed by atoms with Crippen LogP contribution in [0.5, 0.6) is 0 Å². The average molecular weight is 417 g/mol. The second-order valence-electron chi connectivity index (χ2n) is 7.83. The maximum Gasteiger partial charge on any atom is 0.255 e. The monoisotopic (exact) mass is 416 g/mol. The third kappa shape index (κ3) is 3.27. The van der Waals surface area contributed by atoms with Crippen molar-refractivity contribution in [3.8, 4) is 0 Å². The lowest BCUT2D eigenvalue weighted by Gasteiger charge is -2.28. The molecule has 2 heterocycles. The van der Waals surface area contributed by atoms with E-state index in [0.717, 1.165) is 11.1 Å². The molecule has 5 rings (SSSR count). The summed E-state index contributed by atoms with van der Waals surface area (Å²) in [5.41, 5.74) is 4.87. The molecular weight excluding hydrogens is 396 g/mol. The van der Waals surface area contributed by atoms with Crippen LogP contribution in [0.3, 0.4) is 0 Å². The molecular formula is C25H21ClN2O2. The molecule has 0 aliphatic carbocycles. The highest BCUT2D eigenvalue weighted by molar-refractivity contribution is 6.30. The first-order valence-corrected chi connectivity index (χ1v) is 10.5. The maximum atomic E-state index is 13.6. The van der Waals surface area contributed by atoms with Gasteiger partial charge < -0.3 is 9.80 Å². The van der Waals surface area contributed by atoms with E-state index in [2.05, 4.69) is 12.1 Å². The van der Waals surface area contributed by atoms with Crippen LogP contribution in [0, 0.1) is 0 Å². The summed E-state index contributed by atoms with van der Waals surface area (Å²) in [4.78, 5) is 30.3. The van der Waals surface area contributed by atoms with Gasteiger partial charge in [0.15, 0.2) is 0 Å². The normalized spacial score (nSPS) is 17.2. The SMILES string of the molecule is O=C(C1c2ccccc2C(=O)N1CCc1ccc(Cl)cc1)N1Cc2ccccc2C1. The molecule has 0 N–H and O–H groups in total. The Morgan fingerprint density at radius 2 is 1.53 bits per heavy atom.